The molecule has 36 heteroatoms. The summed E-state index contributed by atoms with van der Waals surface area (Å²) >= 11 is 0. The van der Waals surface area contributed by atoms with Gasteiger partial charge in [0, 0.05) is 0 Å². The summed E-state index contributed by atoms with van der Waals surface area (Å²) < 4.78 is 73.1. The van der Waals surface area contributed by atoms with E-state index in [-0.39, 0.29) is 0 Å². The van der Waals surface area contributed by atoms with Crippen LogP contribution < -0.4 is 0 Å². The van der Waals surface area contributed by atoms with Crippen molar-refractivity contribution in [3.05, 3.63) is 0 Å². The molecule has 7 saturated heterocycles. The molecule has 0 spiro atoms. The van der Waals surface area contributed by atoms with Gasteiger partial charge in [-0.3, -0.25) is 0 Å². The standard InChI is InChI=1S/C42H72O36/c43-1-8-15(50)17(52)24(59)37(67-8)74-31-11(4-46)69-40(26(61)20(31)55)75-32-12(5-47)70-41(27(62)21(32)56)76-34-14(7-49)72-42(35(29(34)64)78-38-25(60)18(53)16(51)9(2-44)68-38)77-33-13(6-48)71-39(28(63)22(33)57)73-30-10(3-45)66-36(65)23(58)19(30)54/h8-65H,1-7H2/t8-,9-,10-,11-,12-,13-,14-,15-,16+,17+,18+,19-,20-,21-,22-,23-,24-,25-,26-,27-,28-,29+,30-,31-,32-,33-,34-,35-,36+,37-,38?,39-,40-,41-,42-/m1/s1. The van der Waals surface area contributed by atoms with Gasteiger partial charge in [-0.15, -0.1) is 0 Å². The van der Waals surface area contributed by atoms with Crippen molar-refractivity contribution in [2.45, 2.75) is 215 Å². The average Bonchev–Trinajstić information content (AvgIpc) is 3.50. The number of ether oxygens (including phenoxy) is 13. The Hall–Kier alpha value is -1.44. The van der Waals surface area contributed by atoms with E-state index in [1.807, 2.05) is 0 Å². The van der Waals surface area contributed by atoms with Crippen LogP contribution in [0.25, 0.3) is 0 Å². The number of rotatable bonds is 19. The molecule has 0 amide bonds. The van der Waals surface area contributed by atoms with Gasteiger partial charge in [0.05, 0.1) is 46.2 Å². The molecule has 7 fully saturated rings. The molecule has 36 nitrogen and oxygen atoms in total. The highest BCUT2D eigenvalue weighted by Gasteiger charge is 2.59. The van der Waals surface area contributed by atoms with E-state index in [1.54, 1.807) is 0 Å². The molecule has 23 N–H and O–H groups in total. The molecular formula is C42H72O36. The van der Waals surface area contributed by atoms with Gasteiger partial charge in [-0.05, 0) is 0 Å². The second-order valence-electron chi connectivity index (χ2n) is 19.6. The Morgan fingerprint density at radius 3 is 0.718 bits per heavy atom. The smallest absolute Gasteiger partial charge is 0.187 e. The Morgan fingerprint density at radius 1 is 0.192 bits per heavy atom. The predicted molar refractivity (Wildman–Crippen MR) is 232 cm³/mol. The fourth-order valence-electron chi connectivity index (χ4n) is 9.99. The topological polar surface area (TPSA) is 585 Å². The summed E-state index contributed by atoms with van der Waals surface area (Å²) in [5.41, 5.74) is 0. The molecule has 78 heavy (non-hydrogen) atoms. The SMILES string of the molecule is OC[C@H]1OC(O[C@H]2[C@@H](O[C@H]3[C@H](O)[C@@H](O)[C@@H](O[C@H]4[C@H](O)[C@@H](O)[C@@H](O)O[C@@H]4CO)O[C@@H]3CO)O[C@H](CO)[C@@H](O[C@H]3O[C@H](CO)[C@@H](O[C@H]4O[C@H](CO)[C@@H](O[C@H]5O[C@H](CO)[C@@H](O)[C@H](O)[C@H]5O)[C@H](O)[C@H]4O)[C@H](O)[C@H]3O)[C@@H]2O)[C@H](O)[C@@H](O)[C@H]1O. The van der Waals surface area contributed by atoms with Crippen molar-refractivity contribution in [3.8, 4) is 0 Å². The van der Waals surface area contributed by atoms with Crippen LogP contribution in [0.4, 0.5) is 0 Å². The van der Waals surface area contributed by atoms with Crippen LogP contribution in [-0.2, 0) is 61.6 Å². The Kier molecular flexibility index (Phi) is 22.6. The molecule has 0 aromatic heterocycles. The third kappa shape index (κ3) is 12.9. The van der Waals surface area contributed by atoms with E-state index in [0.29, 0.717) is 0 Å². The molecule has 0 radical (unpaired) electrons. The van der Waals surface area contributed by atoms with E-state index in [2.05, 4.69) is 0 Å². The van der Waals surface area contributed by atoms with E-state index in [0.717, 1.165) is 0 Å². The molecule has 7 aliphatic rings. The van der Waals surface area contributed by atoms with Gasteiger partial charge in [0.15, 0.2) is 44.0 Å². The molecule has 0 aromatic carbocycles. The van der Waals surface area contributed by atoms with Crippen molar-refractivity contribution in [2.24, 2.45) is 0 Å². The van der Waals surface area contributed by atoms with E-state index in [1.165, 1.54) is 0 Å². The summed E-state index contributed by atoms with van der Waals surface area (Å²) in [6.07, 6.45) is -69.4. The molecule has 456 valence electrons. The van der Waals surface area contributed by atoms with E-state index in [9.17, 15) is 117 Å². The average molecular weight is 1150 g/mol. The third-order valence-electron chi connectivity index (χ3n) is 14.5. The first-order chi connectivity index (χ1) is 37.0. The lowest BCUT2D eigenvalue weighted by Crippen LogP contribution is -2.69. The highest BCUT2D eigenvalue weighted by molar-refractivity contribution is 5.01. The van der Waals surface area contributed by atoms with Crippen molar-refractivity contribution in [3.63, 3.8) is 0 Å². The molecule has 0 aromatic rings. The van der Waals surface area contributed by atoms with Crippen LogP contribution in [0.1, 0.15) is 0 Å². The predicted octanol–water partition coefficient (Wildman–Crippen LogP) is -16.3. The third-order valence-corrected chi connectivity index (χ3v) is 14.5. The van der Waals surface area contributed by atoms with Crippen LogP contribution in [0.15, 0.2) is 0 Å². The van der Waals surface area contributed by atoms with Crippen LogP contribution >= 0.6 is 0 Å². The zero-order chi connectivity index (χ0) is 57.3. The largest absolute Gasteiger partial charge is 0.394 e. The van der Waals surface area contributed by atoms with Crippen molar-refractivity contribution in [1.29, 1.82) is 0 Å². The molecule has 1 unspecified atom stereocenters. The van der Waals surface area contributed by atoms with Crippen LogP contribution in [-0.4, -0.2) is 379 Å². The van der Waals surface area contributed by atoms with Gasteiger partial charge in [0.25, 0.3) is 0 Å². The molecular weight excluding hydrogens is 1080 g/mol. The molecule has 35 atom stereocenters. The fourth-order valence-corrected chi connectivity index (χ4v) is 9.99. The summed E-state index contributed by atoms with van der Waals surface area (Å²) in [6.45, 7) is -7.10. The quantitative estimate of drug-likeness (QED) is 0.0571. The number of aliphatic hydroxyl groups excluding tert-OH is 23. The van der Waals surface area contributed by atoms with Crippen molar-refractivity contribution in [1.82, 2.24) is 0 Å². The second-order valence-corrected chi connectivity index (χ2v) is 19.6. The lowest BCUT2D eigenvalue weighted by Gasteiger charge is -2.51. The first-order valence-electron chi connectivity index (χ1n) is 24.7. The molecule has 0 saturated carbocycles. The maximum Gasteiger partial charge on any atom is 0.187 e. The van der Waals surface area contributed by atoms with E-state index < -0.39 is 261 Å². The highest BCUT2D eigenvalue weighted by atomic mass is 16.8. The summed E-state index contributed by atoms with van der Waals surface area (Å²) in [5.74, 6) is 0. The zero-order valence-electron chi connectivity index (χ0n) is 40.8. The van der Waals surface area contributed by atoms with Gasteiger partial charge in [-0.1, -0.05) is 0 Å². The highest BCUT2D eigenvalue weighted by Crippen LogP contribution is 2.38. The maximum absolute atomic E-state index is 12.1. The summed E-state index contributed by atoms with van der Waals surface area (Å²) in [4.78, 5) is 0. The van der Waals surface area contributed by atoms with Crippen molar-refractivity contribution in [2.75, 3.05) is 46.2 Å². The van der Waals surface area contributed by atoms with E-state index >= 15 is 0 Å². The number of hydrogen-bond acceptors (Lipinski definition) is 36. The fraction of sp³-hybridized carbons (Fsp3) is 1.00. The van der Waals surface area contributed by atoms with Crippen molar-refractivity contribution >= 4 is 0 Å². The number of aliphatic hydroxyl groups is 23. The molecule has 0 bridgehead atoms. The van der Waals surface area contributed by atoms with Crippen LogP contribution in [0.3, 0.4) is 0 Å². The number of hydrogen-bond donors (Lipinski definition) is 23. The van der Waals surface area contributed by atoms with Crippen molar-refractivity contribution < 1.29 is 179 Å². The zero-order valence-corrected chi connectivity index (χ0v) is 40.8. The lowest BCUT2D eigenvalue weighted by molar-refractivity contribution is -0.409. The van der Waals surface area contributed by atoms with Gasteiger partial charge in [-0.25, -0.2) is 0 Å². The lowest BCUT2D eigenvalue weighted by atomic mass is 9.95. The normalized spacial score (nSPS) is 53.5. The first kappa shape index (κ1) is 64.1. The Balaban J connectivity index is 1.08. The summed E-state index contributed by atoms with van der Waals surface area (Å²) in [7, 11) is 0. The van der Waals surface area contributed by atoms with Crippen LogP contribution in [0.2, 0.25) is 0 Å². The Labute approximate surface area is 439 Å². The van der Waals surface area contributed by atoms with Crippen LogP contribution in [0, 0.1) is 0 Å². The molecule has 7 rings (SSSR count). The monoisotopic (exact) mass is 1150 g/mol. The minimum absolute atomic E-state index is 0.859. The first-order valence-corrected chi connectivity index (χ1v) is 24.7. The minimum atomic E-state index is -2.32. The minimum Gasteiger partial charge on any atom is -0.394 e. The van der Waals surface area contributed by atoms with Gasteiger partial charge in [-0.2, -0.15) is 0 Å². The second kappa shape index (κ2) is 27.5. The van der Waals surface area contributed by atoms with Gasteiger partial charge >= 0.3 is 0 Å². The molecule has 0 aliphatic carbocycles. The van der Waals surface area contributed by atoms with Gasteiger partial charge < -0.3 is 179 Å². The Bertz CT molecular complexity index is 1810. The van der Waals surface area contributed by atoms with Crippen LogP contribution in [0.5, 0.6) is 0 Å². The van der Waals surface area contributed by atoms with Gasteiger partial charge in [0.2, 0.25) is 0 Å². The summed E-state index contributed by atoms with van der Waals surface area (Å²) in [6, 6.07) is 0. The van der Waals surface area contributed by atoms with Gasteiger partial charge in [0.1, 0.15) is 171 Å². The Morgan fingerprint density at radius 2 is 0.410 bits per heavy atom. The summed E-state index contributed by atoms with van der Waals surface area (Å²) in [5, 5.41) is 244. The molecule has 7 heterocycles. The molecule has 7 aliphatic heterocycles. The maximum atomic E-state index is 12.1. The van der Waals surface area contributed by atoms with E-state index in [4.69, 9.17) is 61.6 Å².